The molecule has 2 atom stereocenters. The number of nitrogens with zero attached hydrogens (tertiary/aromatic N) is 4. The molecule has 156 valence electrons. The van der Waals surface area contributed by atoms with E-state index in [-0.39, 0.29) is 17.9 Å². The van der Waals surface area contributed by atoms with Crippen molar-refractivity contribution in [2.75, 3.05) is 43.0 Å². The van der Waals surface area contributed by atoms with Gasteiger partial charge in [0.2, 0.25) is 11.9 Å². The maximum atomic E-state index is 12.0. The van der Waals surface area contributed by atoms with Crippen LogP contribution in [0, 0.1) is 0 Å². The summed E-state index contributed by atoms with van der Waals surface area (Å²) in [7, 11) is 1.99. The highest BCUT2D eigenvalue weighted by Crippen LogP contribution is 2.25. The largest absolute Gasteiger partial charge is 0.489 e. The van der Waals surface area contributed by atoms with E-state index in [0.717, 1.165) is 49.1 Å². The molecule has 0 radical (unpaired) electrons. The smallest absolute Gasteiger partial charge is 0.227 e. The number of anilines is 2. The summed E-state index contributed by atoms with van der Waals surface area (Å²) in [6.07, 6.45) is 2.87. The number of nitrogens with one attached hydrogen (secondary N) is 1. The summed E-state index contributed by atoms with van der Waals surface area (Å²) in [6, 6.07) is 9.80. The van der Waals surface area contributed by atoms with Crippen molar-refractivity contribution in [1.29, 1.82) is 0 Å². The van der Waals surface area contributed by atoms with Gasteiger partial charge < -0.3 is 19.9 Å². The second kappa shape index (κ2) is 9.58. The van der Waals surface area contributed by atoms with Crippen molar-refractivity contribution >= 4 is 17.7 Å². The van der Waals surface area contributed by atoms with Crippen molar-refractivity contribution in [3.05, 3.63) is 42.1 Å². The predicted molar refractivity (Wildman–Crippen MR) is 116 cm³/mol. The minimum absolute atomic E-state index is 0.0468. The lowest BCUT2D eigenvalue weighted by molar-refractivity contribution is -0.122. The van der Waals surface area contributed by atoms with Crippen LogP contribution in [0.2, 0.25) is 0 Å². The van der Waals surface area contributed by atoms with Gasteiger partial charge in [0.1, 0.15) is 17.7 Å². The van der Waals surface area contributed by atoms with Crippen molar-refractivity contribution in [1.82, 2.24) is 15.3 Å². The Kier molecular flexibility index (Phi) is 6.90. The van der Waals surface area contributed by atoms with Crippen molar-refractivity contribution in [3.8, 4) is 5.75 Å². The van der Waals surface area contributed by atoms with Gasteiger partial charge in [0.15, 0.2) is 0 Å². The molecule has 1 N–H and O–H groups in total. The quantitative estimate of drug-likeness (QED) is 0.739. The Bertz CT molecular complexity index is 811. The van der Waals surface area contributed by atoms with Crippen molar-refractivity contribution in [2.45, 2.75) is 39.2 Å². The Morgan fingerprint density at radius 1 is 1.31 bits per heavy atom. The monoisotopic (exact) mass is 397 g/mol. The molecule has 7 heteroatoms. The van der Waals surface area contributed by atoms with E-state index in [1.807, 2.05) is 62.3 Å². The molecule has 1 amide bonds. The molecule has 0 aliphatic carbocycles. The van der Waals surface area contributed by atoms with Crippen LogP contribution in [0.25, 0.3) is 0 Å². The first-order valence-corrected chi connectivity index (χ1v) is 10.3. The SMILES string of the molecule is CCNC(=O)C(C)c1ccc(OC2CCN(c3ccnc(N(C)CC)n3)C2)cc1. The van der Waals surface area contributed by atoms with Gasteiger partial charge in [0.05, 0.1) is 12.5 Å². The molecular formula is C22H31N5O2. The highest BCUT2D eigenvalue weighted by molar-refractivity contribution is 5.83. The standard InChI is InChI=1S/C22H31N5O2/c1-5-23-21(28)16(3)17-7-9-18(10-8-17)29-19-12-14-27(15-19)20-11-13-24-22(25-20)26(4)6-2/h7-11,13,16,19H,5-6,12,14-15H2,1-4H3,(H,23,28). The first-order valence-electron chi connectivity index (χ1n) is 10.3. The lowest BCUT2D eigenvalue weighted by Gasteiger charge is -2.20. The van der Waals surface area contributed by atoms with Gasteiger partial charge in [-0.1, -0.05) is 12.1 Å². The van der Waals surface area contributed by atoms with Crippen LogP contribution in [0.4, 0.5) is 11.8 Å². The Hall–Kier alpha value is -2.83. The second-order valence-electron chi connectivity index (χ2n) is 7.39. The lowest BCUT2D eigenvalue weighted by Crippen LogP contribution is -2.27. The Morgan fingerprint density at radius 2 is 2.07 bits per heavy atom. The highest BCUT2D eigenvalue weighted by Gasteiger charge is 2.25. The summed E-state index contributed by atoms with van der Waals surface area (Å²) in [5.41, 5.74) is 0.991. The molecule has 1 aliphatic heterocycles. The highest BCUT2D eigenvalue weighted by atomic mass is 16.5. The van der Waals surface area contributed by atoms with Gasteiger partial charge in [-0.3, -0.25) is 4.79 Å². The minimum atomic E-state index is -0.167. The van der Waals surface area contributed by atoms with Gasteiger partial charge >= 0.3 is 0 Å². The van der Waals surface area contributed by atoms with Crippen molar-refractivity contribution in [3.63, 3.8) is 0 Å². The normalized spacial score (nSPS) is 17.1. The minimum Gasteiger partial charge on any atom is -0.489 e. The van der Waals surface area contributed by atoms with E-state index >= 15 is 0 Å². The molecule has 7 nitrogen and oxygen atoms in total. The molecule has 0 bridgehead atoms. The average Bonchev–Trinajstić information content (AvgIpc) is 3.22. The zero-order valence-corrected chi connectivity index (χ0v) is 17.8. The van der Waals surface area contributed by atoms with Gasteiger partial charge in [-0.25, -0.2) is 4.98 Å². The fraction of sp³-hybridized carbons (Fsp3) is 0.500. The molecule has 1 aromatic carbocycles. The third-order valence-corrected chi connectivity index (χ3v) is 5.34. The van der Waals surface area contributed by atoms with E-state index in [1.54, 1.807) is 0 Å². The molecular weight excluding hydrogens is 366 g/mol. The van der Waals surface area contributed by atoms with Crippen LogP contribution < -0.4 is 19.9 Å². The Morgan fingerprint density at radius 3 is 2.76 bits per heavy atom. The summed E-state index contributed by atoms with van der Waals surface area (Å²) in [4.78, 5) is 25.3. The lowest BCUT2D eigenvalue weighted by atomic mass is 10.0. The molecule has 3 rings (SSSR count). The van der Waals surface area contributed by atoms with Gasteiger partial charge in [-0.05, 0) is 44.5 Å². The molecule has 2 heterocycles. The maximum absolute atomic E-state index is 12.0. The number of carbonyl (C=O) groups excluding carboxylic acids is 1. The van der Waals surface area contributed by atoms with E-state index in [9.17, 15) is 4.79 Å². The second-order valence-corrected chi connectivity index (χ2v) is 7.39. The number of rotatable bonds is 8. The third kappa shape index (κ3) is 5.16. The summed E-state index contributed by atoms with van der Waals surface area (Å²) < 4.78 is 6.17. The van der Waals surface area contributed by atoms with Crippen LogP contribution in [-0.2, 0) is 4.79 Å². The van der Waals surface area contributed by atoms with E-state index in [2.05, 4.69) is 27.1 Å². The van der Waals surface area contributed by atoms with Crippen LogP contribution >= 0.6 is 0 Å². The van der Waals surface area contributed by atoms with Crippen molar-refractivity contribution < 1.29 is 9.53 Å². The van der Waals surface area contributed by atoms with E-state index < -0.39 is 0 Å². The van der Waals surface area contributed by atoms with E-state index in [1.165, 1.54) is 0 Å². The van der Waals surface area contributed by atoms with E-state index in [4.69, 9.17) is 4.74 Å². The zero-order chi connectivity index (χ0) is 20.8. The van der Waals surface area contributed by atoms with Crippen molar-refractivity contribution in [2.24, 2.45) is 0 Å². The van der Waals surface area contributed by atoms with Crippen LogP contribution in [-0.4, -0.2) is 55.2 Å². The van der Waals surface area contributed by atoms with Crippen LogP contribution in [0.1, 0.15) is 38.7 Å². The maximum Gasteiger partial charge on any atom is 0.227 e. The molecule has 1 aromatic heterocycles. The van der Waals surface area contributed by atoms with Crippen LogP contribution in [0.5, 0.6) is 5.75 Å². The summed E-state index contributed by atoms with van der Waals surface area (Å²) in [6.45, 7) is 9.14. The molecule has 29 heavy (non-hydrogen) atoms. The average molecular weight is 398 g/mol. The first-order chi connectivity index (χ1) is 14.0. The van der Waals surface area contributed by atoms with Crippen LogP contribution in [0.15, 0.2) is 36.5 Å². The summed E-state index contributed by atoms with van der Waals surface area (Å²) in [5.74, 6) is 2.39. The number of benzene rings is 1. The molecule has 2 aromatic rings. The number of aromatic nitrogens is 2. The first kappa shape index (κ1) is 20.9. The number of carbonyl (C=O) groups is 1. The van der Waals surface area contributed by atoms with Crippen LogP contribution in [0.3, 0.4) is 0 Å². The Balaban J connectivity index is 1.58. The fourth-order valence-electron chi connectivity index (χ4n) is 3.38. The fourth-order valence-corrected chi connectivity index (χ4v) is 3.38. The molecule has 1 fully saturated rings. The topological polar surface area (TPSA) is 70.6 Å². The molecule has 0 saturated carbocycles. The summed E-state index contributed by atoms with van der Waals surface area (Å²) in [5, 5.41) is 2.86. The van der Waals surface area contributed by atoms with E-state index in [0.29, 0.717) is 6.54 Å². The molecule has 1 aliphatic rings. The van der Waals surface area contributed by atoms with Gasteiger partial charge in [-0.2, -0.15) is 4.98 Å². The predicted octanol–water partition coefficient (Wildman–Crippen LogP) is 2.83. The molecule has 0 spiro atoms. The van der Waals surface area contributed by atoms with Gasteiger partial charge in [0.25, 0.3) is 0 Å². The molecule has 1 saturated heterocycles. The zero-order valence-electron chi connectivity index (χ0n) is 17.8. The Labute approximate surface area is 173 Å². The number of amides is 1. The van der Waals surface area contributed by atoms with Gasteiger partial charge in [-0.15, -0.1) is 0 Å². The number of ether oxygens (including phenoxy) is 1. The molecule has 2 unspecified atom stereocenters. The number of likely N-dealkylation sites (N-methyl/N-ethyl adjacent to an activating group) is 1. The number of hydrogen-bond donors (Lipinski definition) is 1. The third-order valence-electron chi connectivity index (χ3n) is 5.34. The number of hydrogen-bond acceptors (Lipinski definition) is 6. The summed E-state index contributed by atoms with van der Waals surface area (Å²) >= 11 is 0. The van der Waals surface area contributed by atoms with Gasteiger partial charge in [0, 0.05) is 39.3 Å².